The van der Waals surface area contributed by atoms with Gasteiger partial charge in [-0.25, -0.2) is 0 Å². The van der Waals surface area contributed by atoms with Crippen LogP contribution in [-0.4, -0.2) is 65.3 Å². The number of aromatic nitrogens is 1. The molecule has 0 bridgehead atoms. The summed E-state index contributed by atoms with van der Waals surface area (Å²) in [7, 11) is 0. The Hall–Kier alpha value is -1.24. The average Bonchev–Trinajstić information content (AvgIpc) is 2.67. The molecule has 25 heavy (non-hydrogen) atoms. The molecule has 0 radical (unpaired) electrons. The zero-order valence-electron chi connectivity index (χ0n) is 15.0. The zero-order chi connectivity index (χ0) is 17.3. The van der Waals surface area contributed by atoms with E-state index < -0.39 is 0 Å². The molecule has 1 saturated heterocycles. The van der Waals surface area contributed by atoms with Crippen LogP contribution in [0.15, 0.2) is 24.5 Å². The first-order valence-corrected chi connectivity index (χ1v) is 9.96. The van der Waals surface area contributed by atoms with E-state index in [0.717, 1.165) is 51.0 Å². The van der Waals surface area contributed by atoms with Gasteiger partial charge in [-0.3, -0.25) is 9.88 Å². The molecular formula is C19H30N4OS. The number of nitrogens with zero attached hydrogens (tertiary/aromatic N) is 3. The van der Waals surface area contributed by atoms with Crippen molar-refractivity contribution in [2.24, 2.45) is 0 Å². The van der Waals surface area contributed by atoms with Crippen LogP contribution in [0.2, 0.25) is 0 Å². The summed E-state index contributed by atoms with van der Waals surface area (Å²) in [5.41, 5.74) is 1.21. The van der Waals surface area contributed by atoms with Gasteiger partial charge >= 0.3 is 0 Å². The minimum Gasteiger partial charge on any atom is -0.379 e. The van der Waals surface area contributed by atoms with Crippen molar-refractivity contribution in [1.82, 2.24) is 20.1 Å². The van der Waals surface area contributed by atoms with Crippen LogP contribution in [0.25, 0.3) is 0 Å². The second kappa shape index (κ2) is 10.0. The first-order chi connectivity index (χ1) is 12.3. The number of rotatable bonds is 6. The van der Waals surface area contributed by atoms with Crippen molar-refractivity contribution >= 4 is 17.3 Å². The lowest BCUT2D eigenvalue weighted by Gasteiger charge is -2.33. The molecule has 2 heterocycles. The fraction of sp³-hybridized carbons (Fsp3) is 0.684. The van der Waals surface area contributed by atoms with Crippen LogP contribution in [0.4, 0.5) is 0 Å². The van der Waals surface area contributed by atoms with Gasteiger partial charge in [0.25, 0.3) is 0 Å². The minimum atomic E-state index is 0.543. The molecule has 1 aliphatic heterocycles. The smallest absolute Gasteiger partial charge is 0.169 e. The molecule has 3 rings (SSSR count). The lowest BCUT2D eigenvalue weighted by molar-refractivity contribution is 0.0357. The summed E-state index contributed by atoms with van der Waals surface area (Å²) in [5, 5.41) is 4.51. The maximum Gasteiger partial charge on any atom is 0.169 e. The Balaban J connectivity index is 1.57. The highest BCUT2D eigenvalue weighted by molar-refractivity contribution is 7.80. The van der Waals surface area contributed by atoms with E-state index in [1.54, 1.807) is 0 Å². The Kier molecular flexibility index (Phi) is 7.45. The van der Waals surface area contributed by atoms with Gasteiger partial charge in [0, 0.05) is 51.2 Å². The highest BCUT2D eigenvalue weighted by Crippen LogP contribution is 2.18. The molecule has 6 heteroatoms. The highest BCUT2D eigenvalue weighted by Gasteiger charge is 2.19. The van der Waals surface area contributed by atoms with Crippen LogP contribution in [-0.2, 0) is 11.3 Å². The normalized spacial score (nSPS) is 19.5. The van der Waals surface area contributed by atoms with E-state index in [9.17, 15) is 0 Å². The third-order valence-corrected chi connectivity index (χ3v) is 5.48. The number of ether oxygens (including phenoxy) is 1. The largest absolute Gasteiger partial charge is 0.379 e. The quantitative estimate of drug-likeness (QED) is 0.784. The summed E-state index contributed by atoms with van der Waals surface area (Å²) < 4.78 is 5.45. The van der Waals surface area contributed by atoms with Crippen molar-refractivity contribution in [3.63, 3.8) is 0 Å². The second-order valence-electron chi connectivity index (χ2n) is 7.02. The van der Waals surface area contributed by atoms with Gasteiger partial charge < -0.3 is 15.0 Å². The molecular weight excluding hydrogens is 332 g/mol. The van der Waals surface area contributed by atoms with Crippen LogP contribution >= 0.6 is 12.2 Å². The molecule has 0 spiro atoms. The third-order valence-electron chi connectivity index (χ3n) is 5.11. The van der Waals surface area contributed by atoms with Gasteiger partial charge in [0.05, 0.1) is 13.2 Å². The van der Waals surface area contributed by atoms with Gasteiger partial charge in [0.1, 0.15) is 0 Å². The molecule has 2 fully saturated rings. The third kappa shape index (κ3) is 6.20. The standard InChI is InChI=1S/C19H30N4OS/c25-19(21-18-6-2-1-3-7-18)23(16-17-5-4-8-20-15-17)10-9-22-11-13-24-14-12-22/h4-5,8,15,18H,1-3,6-7,9-14,16H2,(H,21,25). The molecule has 0 atom stereocenters. The van der Waals surface area contributed by atoms with Gasteiger partial charge in [-0.1, -0.05) is 25.3 Å². The molecule has 1 aromatic rings. The first-order valence-electron chi connectivity index (χ1n) is 9.56. The van der Waals surface area contributed by atoms with Gasteiger partial charge in [0.2, 0.25) is 0 Å². The molecule has 2 aliphatic rings. The fourth-order valence-electron chi connectivity index (χ4n) is 3.56. The molecule has 1 aromatic heterocycles. The molecule has 1 aliphatic carbocycles. The van der Waals surface area contributed by atoms with Gasteiger partial charge in [-0.05, 0) is 36.7 Å². The Morgan fingerprint density at radius 2 is 2.08 bits per heavy atom. The van der Waals surface area contributed by atoms with E-state index >= 15 is 0 Å². The summed E-state index contributed by atoms with van der Waals surface area (Å²) >= 11 is 5.77. The molecule has 1 saturated carbocycles. The Labute approximate surface area is 156 Å². The number of nitrogens with one attached hydrogen (secondary N) is 1. The van der Waals surface area contributed by atoms with Crippen molar-refractivity contribution in [3.05, 3.63) is 30.1 Å². The number of pyridine rings is 1. The molecule has 0 unspecified atom stereocenters. The van der Waals surface area contributed by atoms with Crippen molar-refractivity contribution in [1.29, 1.82) is 0 Å². The number of morpholine rings is 1. The Morgan fingerprint density at radius 1 is 1.28 bits per heavy atom. The van der Waals surface area contributed by atoms with Crippen LogP contribution in [0.5, 0.6) is 0 Å². The van der Waals surface area contributed by atoms with Crippen LogP contribution in [0.1, 0.15) is 37.7 Å². The molecule has 0 amide bonds. The monoisotopic (exact) mass is 362 g/mol. The lowest BCUT2D eigenvalue weighted by atomic mass is 9.96. The predicted molar refractivity (Wildman–Crippen MR) is 105 cm³/mol. The van der Waals surface area contributed by atoms with Crippen molar-refractivity contribution in [2.45, 2.75) is 44.7 Å². The molecule has 0 aromatic carbocycles. The predicted octanol–water partition coefficient (Wildman–Crippen LogP) is 2.42. The second-order valence-corrected chi connectivity index (χ2v) is 7.41. The van der Waals surface area contributed by atoms with Gasteiger partial charge in [-0.15, -0.1) is 0 Å². The summed E-state index contributed by atoms with van der Waals surface area (Å²) in [6, 6.07) is 4.66. The van der Waals surface area contributed by atoms with Crippen molar-refractivity contribution < 1.29 is 4.74 Å². The van der Waals surface area contributed by atoms with Crippen molar-refractivity contribution in [3.8, 4) is 0 Å². The van der Waals surface area contributed by atoms with E-state index in [-0.39, 0.29) is 0 Å². The van der Waals surface area contributed by atoms with Crippen LogP contribution in [0.3, 0.4) is 0 Å². The van der Waals surface area contributed by atoms with E-state index in [1.807, 2.05) is 18.5 Å². The first kappa shape index (κ1) is 18.5. The van der Waals surface area contributed by atoms with Crippen molar-refractivity contribution in [2.75, 3.05) is 39.4 Å². The SMILES string of the molecule is S=C(NC1CCCCC1)N(CCN1CCOCC1)Cc1cccnc1. The Bertz CT molecular complexity index is 515. The number of hydrogen-bond acceptors (Lipinski definition) is 4. The van der Waals surface area contributed by atoms with E-state index in [0.29, 0.717) is 6.04 Å². The fourth-order valence-corrected chi connectivity index (χ4v) is 3.89. The minimum absolute atomic E-state index is 0.543. The molecule has 1 N–H and O–H groups in total. The summed E-state index contributed by atoms with van der Waals surface area (Å²) in [6.45, 7) is 6.49. The van der Waals surface area contributed by atoms with E-state index in [2.05, 4.69) is 26.2 Å². The van der Waals surface area contributed by atoms with E-state index in [1.165, 1.54) is 37.7 Å². The highest BCUT2D eigenvalue weighted by atomic mass is 32.1. The summed E-state index contributed by atoms with van der Waals surface area (Å²) in [4.78, 5) is 9.01. The van der Waals surface area contributed by atoms with Gasteiger partial charge in [0.15, 0.2) is 5.11 Å². The average molecular weight is 363 g/mol. The van der Waals surface area contributed by atoms with Crippen LogP contribution in [0, 0.1) is 0 Å². The number of thiocarbonyl (C=S) groups is 1. The summed E-state index contributed by atoms with van der Waals surface area (Å²) in [6.07, 6.45) is 10.2. The molecule has 138 valence electrons. The van der Waals surface area contributed by atoms with Crippen LogP contribution < -0.4 is 5.32 Å². The number of hydrogen-bond donors (Lipinski definition) is 1. The maximum atomic E-state index is 5.77. The maximum absolute atomic E-state index is 5.77. The summed E-state index contributed by atoms with van der Waals surface area (Å²) in [5.74, 6) is 0. The van der Waals surface area contributed by atoms with Gasteiger partial charge in [-0.2, -0.15) is 0 Å². The Morgan fingerprint density at radius 3 is 2.80 bits per heavy atom. The van der Waals surface area contributed by atoms with E-state index in [4.69, 9.17) is 17.0 Å². The topological polar surface area (TPSA) is 40.6 Å². The lowest BCUT2D eigenvalue weighted by Crippen LogP contribution is -2.48. The molecule has 5 nitrogen and oxygen atoms in total. The zero-order valence-corrected chi connectivity index (χ0v) is 15.8.